The molecule has 0 saturated heterocycles. The van der Waals surface area contributed by atoms with E-state index in [0.29, 0.717) is 15.2 Å². The lowest BCUT2D eigenvalue weighted by Crippen LogP contribution is -2.21. The lowest BCUT2D eigenvalue weighted by molar-refractivity contribution is -0.137. The van der Waals surface area contributed by atoms with Crippen molar-refractivity contribution in [3.05, 3.63) is 50.8 Å². The summed E-state index contributed by atoms with van der Waals surface area (Å²) in [7, 11) is 0. The summed E-state index contributed by atoms with van der Waals surface area (Å²) >= 11 is 7.50. The molecule has 1 N–H and O–H groups in total. The molecule has 0 bridgehead atoms. The SMILES string of the molecule is Cc1sc2ncn(CCC(=O)O)c(=O)c2c1-c1cccc(Cl)c1. The molecule has 0 unspecified atom stereocenters. The summed E-state index contributed by atoms with van der Waals surface area (Å²) in [6, 6.07) is 7.32. The van der Waals surface area contributed by atoms with E-state index in [1.165, 1.54) is 22.2 Å². The maximum absolute atomic E-state index is 12.7. The van der Waals surface area contributed by atoms with E-state index < -0.39 is 5.97 Å². The van der Waals surface area contributed by atoms with Crippen molar-refractivity contribution in [1.29, 1.82) is 0 Å². The predicted molar refractivity (Wildman–Crippen MR) is 91.3 cm³/mol. The Labute approximate surface area is 140 Å². The number of carboxylic acids is 1. The van der Waals surface area contributed by atoms with E-state index in [-0.39, 0.29) is 18.5 Å². The molecule has 3 aromatic rings. The number of thiophene rings is 1. The van der Waals surface area contributed by atoms with Crippen LogP contribution in [0.1, 0.15) is 11.3 Å². The number of aryl methyl sites for hydroxylation is 2. The zero-order chi connectivity index (χ0) is 16.6. The molecule has 0 aliphatic heterocycles. The first kappa shape index (κ1) is 15.7. The van der Waals surface area contributed by atoms with Crippen LogP contribution in [-0.4, -0.2) is 20.6 Å². The van der Waals surface area contributed by atoms with Gasteiger partial charge in [0.15, 0.2) is 0 Å². The van der Waals surface area contributed by atoms with E-state index in [4.69, 9.17) is 16.7 Å². The molecular weight excluding hydrogens is 336 g/mol. The normalized spacial score (nSPS) is 11.0. The van der Waals surface area contributed by atoms with Crippen LogP contribution in [0.25, 0.3) is 21.3 Å². The molecule has 0 saturated carbocycles. The summed E-state index contributed by atoms with van der Waals surface area (Å²) in [5, 5.41) is 9.91. The maximum Gasteiger partial charge on any atom is 0.305 e. The van der Waals surface area contributed by atoms with Gasteiger partial charge in [0, 0.05) is 22.0 Å². The summed E-state index contributed by atoms with van der Waals surface area (Å²) in [5.41, 5.74) is 1.45. The number of carboxylic acid groups (broad SMARTS) is 1. The van der Waals surface area contributed by atoms with Crippen molar-refractivity contribution in [3.8, 4) is 11.1 Å². The molecular formula is C16H13ClN2O3S. The fraction of sp³-hybridized carbons (Fsp3) is 0.188. The lowest BCUT2D eigenvalue weighted by atomic mass is 10.0. The second kappa shape index (κ2) is 6.14. The molecule has 118 valence electrons. The van der Waals surface area contributed by atoms with Crippen LogP contribution in [0.15, 0.2) is 35.4 Å². The molecule has 1 aromatic carbocycles. The second-order valence-corrected chi connectivity index (χ2v) is 6.75. The summed E-state index contributed by atoms with van der Waals surface area (Å²) in [6.45, 7) is 2.03. The Bertz CT molecular complexity index is 962. The largest absolute Gasteiger partial charge is 0.481 e. The number of hydrogen-bond donors (Lipinski definition) is 1. The molecule has 23 heavy (non-hydrogen) atoms. The zero-order valence-electron chi connectivity index (χ0n) is 12.2. The molecule has 0 amide bonds. The zero-order valence-corrected chi connectivity index (χ0v) is 13.8. The molecule has 0 radical (unpaired) electrons. The molecule has 0 fully saturated rings. The molecule has 3 rings (SSSR count). The van der Waals surface area contributed by atoms with Crippen LogP contribution in [-0.2, 0) is 11.3 Å². The van der Waals surface area contributed by atoms with Crippen molar-refractivity contribution in [3.63, 3.8) is 0 Å². The third-order valence-electron chi connectivity index (χ3n) is 3.53. The maximum atomic E-state index is 12.7. The molecule has 2 heterocycles. The van der Waals surface area contributed by atoms with Crippen LogP contribution in [0.5, 0.6) is 0 Å². The van der Waals surface area contributed by atoms with Crippen LogP contribution in [0.3, 0.4) is 0 Å². The van der Waals surface area contributed by atoms with Gasteiger partial charge in [-0.05, 0) is 24.6 Å². The van der Waals surface area contributed by atoms with Crippen LogP contribution in [0.2, 0.25) is 5.02 Å². The Hall–Kier alpha value is -2.18. The van der Waals surface area contributed by atoms with Gasteiger partial charge in [0.1, 0.15) is 4.83 Å². The first-order valence-electron chi connectivity index (χ1n) is 6.93. The van der Waals surface area contributed by atoms with Gasteiger partial charge in [-0.3, -0.25) is 14.2 Å². The molecule has 0 aliphatic rings. The number of rotatable bonds is 4. The van der Waals surface area contributed by atoms with Gasteiger partial charge in [-0.15, -0.1) is 11.3 Å². The minimum absolute atomic E-state index is 0.0982. The van der Waals surface area contributed by atoms with E-state index in [9.17, 15) is 9.59 Å². The minimum atomic E-state index is -0.950. The van der Waals surface area contributed by atoms with Crippen molar-refractivity contribution in [2.24, 2.45) is 0 Å². The summed E-state index contributed by atoms with van der Waals surface area (Å²) < 4.78 is 1.34. The van der Waals surface area contributed by atoms with Gasteiger partial charge in [-0.1, -0.05) is 23.7 Å². The molecule has 5 nitrogen and oxygen atoms in total. The number of aromatic nitrogens is 2. The number of benzene rings is 1. The van der Waals surface area contributed by atoms with Crippen LogP contribution >= 0.6 is 22.9 Å². The van der Waals surface area contributed by atoms with E-state index in [1.807, 2.05) is 25.1 Å². The second-order valence-electron chi connectivity index (χ2n) is 5.11. The Kier molecular flexibility index (Phi) is 4.19. The highest BCUT2D eigenvalue weighted by molar-refractivity contribution is 7.19. The van der Waals surface area contributed by atoms with E-state index >= 15 is 0 Å². The van der Waals surface area contributed by atoms with E-state index in [0.717, 1.165) is 16.0 Å². The molecule has 2 aromatic heterocycles. The van der Waals surface area contributed by atoms with Gasteiger partial charge in [0.05, 0.1) is 18.1 Å². The number of fused-ring (bicyclic) bond motifs is 1. The van der Waals surface area contributed by atoms with Gasteiger partial charge >= 0.3 is 5.97 Å². The standard InChI is InChI=1S/C16H13ClN2O3S/c1-9-13(10-3-2-4-11(17)7-10)14-15(23-9)18-8-19(16(14)22)6-5-12(20)21/h2-4,7-8H,5-6H2,1H3,(H,20,21). The Balaban J connectivity index is 2.22. The number of nitrogens with zero attached hydrogens (tertiary/aromatic N) is 2. The third-order valence-corrected chi connectivity index (χ3v) is 4.78. The van der Waals surface area contributed by atoms with Crippen LogP contribution in [0, 0.1) is 6.92 Å². The van der Waals surface area contributed by atoms with Crippen molar-refractivity contribution in [1.82, 2.24) is 9.55 Å². The average Bonchev–Trinajstić information content (AvgIpc) is 2.83. The summed E-state index contributed by atoms with van der Waals surface area (Å²) in [5.74, 6) is -0.950. The Morgan fingerprint density at radius 3 is 2.91 bits per heavy atom. The van der Waals surface area contributed by atoms with Crippen LogP contribution < -0.4 is 5.56 Å². The highest BCUT2D eigenvalue weighted by Gasteiger charge is 2.17. The van der Waals surface area contributed by atoms with Gasteiger partial charge in [-0.2, -0.15) is 0 Å². The first-order chi connectivity index (χ1) is 11.0. The predicted octanol–water partition coefficient (Wildman–Crippen LogP) is 3.56. The van der Waals surface area contributed by atoms with E-state index in [1.54, 1.807) is 6.07 Å². The molecule has 7 heteroatoms. The minimum Gasteiger partial charge on any atom is -0.481 e. The lowest BCUT2D eigenvalue weighted by Gasteiger charge is -2.05. The van der Waals surface area contributed by atoms with Crippen molar-refractivity contribution in [2.45, 2.75) is 19.9 Å². The monoisotopic (exact) mass is 348 g/mol. The third kappa shape index (κ3) is 3.00. The molecule has 0 aliphatic carbocycles. The first-order valence-corrected chi connectivity index (χ1v) is 8.13. The summed E-state index contributed by atoms with van der Waals surface area (Å²) in [6.07, 6.45) is 1.29. The smallest absolute Gasteiger partial charge is 0.305 e. The summed E-state index contributed by atoms with van der Waals surface area (Å²) in [4.78, 5) is 29.4. The quantitative estimate of drug-likeness (QED) is 0.782. The van der Waals surface area contributed by atoms with Crippen molar-refractivity contribution >= 4 is 39.1 Å². The number of halogens is 1. The van der Waals surface area contributed by atoms with Crippen molar-refractivity contribution < 1.29 is 9.90 Å². The molecule has 0 spiro atoms. The fourth-order valence-electron chi connectivity index (χ4n) is 2.50. The van der Waals surface area contributed by atoms with Gasteiger partial charge in [-0.25, -0.2) is 4.98 Å². The highest BCUT2D eigenvalue weighted by Crippen LogP contribution is 2.36. The van der Waals surface area contributed by atoms with Crippen molar-refractivity contribution in [2.75, 3.05) is 0 Å². The topological polar surface area (TPSA) is 72.2 Å². The Morgan fingerprint density at radius 1 is 1.43 bits per heavy atom. The average molecular weight is 349 g/mol. The fourth-order valence-corrected chi connectivity index (χ4v) is 3.70. The number of aliphatic carboxylic acids is 1. The van der Waals surface area contributed by atoms with Crippen LogP contribution in [0.4, 0.5) is 0 Å². The molecule has 0 atom stereocenters. The Morgan fingerprint density at radius 2 is 2.22 bits per heavy atom. The van der Waals surface area contributed by atoms with Gasteiger partial charge in [0.25, 0.3) is 5.56 Å². The highest BCUT2D eigenvalue weighted by atomic mass is 35.5. The number of carbonyl (C=O) groups is 1. The van der Waals surface area contributed by atoms with Gasteiger partial charge < -0.3 is 5.11 Å². The van der Waals surface area contributed by atoms with E-state index in [2.05, 4.69) is 4.98 Å². The number of hydrogen-bond acceptors (Lipinski definition) is 4. The van der Waals surface area contributed by atoms with Gasteiger partial charge in [0.2, 0.25) is 0 Å².